The van der Waals surface area contributed by atoms with E-state index in [1.54, 1.807) is 0 Å². The third-order valence-corrected chi connectivity index (χ3v) is 12.4. The highest BCUT2D eigenvalue weighted by atomic mass is 32.2. The van der Waals surface area contributed by atoms with Crippen molar-refractivity contribution in [2.24, 2.45) is 28.4 Å². The summed E-state index contributed by atoms with van der Waals surface area (Å²) < 4.78 is 74.1. The lowest BCUT2D eigenvalue weighted by atomic mass is 9.70. The summed E-state index contributed by atoms with van der Waals surface area (Å²) in [6.07, 6.45) is 2.97. The van der Waals surface area contributed by atoms with Crippen LogP contribution in [0.3, 0.4) is 0 Å². The molecule has 1 saturated heterocycles. The highest BCUT2D eigenvalue weighted by molar-refractivity contribution is 7.85. The smallest absolute Gasteiger partial charge is 0.274 e. The van der Waals surface area contributed by atoms with Crippen molar-refractivity contribution in [2.45, 2.75) is 71.1 Å². The zero-order valence-corrected chi connectivity index (χ0v) is 29.8. The molecule has 1 aromatic carbocycles. The van der Waals surface area contributed by atoms with Crippen molar-refractivity contribution in [2.75, 3.05) is 29.1 Å². The second-order valence-electron chi connectivity index (χ2n) is 14.9. The number of carbonyl (C=O) groups is 2. The van der Waals surface area contributed by atoms with E-state index in [0.717, 1.165) is 42.3 Å². The molecule has 52 heavy (non-hydrogen) atoms. The summed E-state index contributed by atoms with van der Waals surface area (Å²) in [5, 5.41) is 23.4. The van der Waals surface area contributed by atoms with Crippen molar-refractivity contribution >= 4 is 33.2 Å². The van der Waals surface area contributed by atoms with Crippen LogP contribution in [0.1, 0.15) is 74.3 Å². The summed E-state index contributed by atoms with van der Waals surface area (Å²) in [6, 6.07) is 4.61. The molecule has 12 nitrogen and oxygen atoms in total. The van der Waals surface area contributed by atoms with Gasteiger partial charge in [-0.25, -0.2) is 18.2 Å². The molecule has 6 atom stereocenters. The molecule has 0 radical (unpaired) electrons. The van der Waals surface area contributed by atoms with Gasteiger partial charge in [0.2, 0.25) is 0 Å². The van der Waals surface area contributed by atoms with E-state index in [2.05, 4.69) is 15.3 Å². The summed E-state index contributed by atoms with van der Waals surface area (Å²) in [5.74, 6) is -4.00. The molecule has 1 amide bonds. The van der Waals surface area contributed by atoms with E-state index in [0.29, 0.717) is 55.8 Å². The molecule has 3 aromatic rings. The summed E-state index contributed by atoms with van der Waals surface area (Å²) in [4.78, 5) is 35.3. The number of Topliss-reactive ketones (excluding diaryl/α,β-unsaturated/α-hetero) is 1. The summed E-state index contributed by atoms with van der Waals surface area (Å²) in [6.45, 7) is 6.53. The first-order chi connectivity index (χ1) is 24.3. The van der Waals surface area contributed by atoms with Gasteiger partial charge in [0.25, 0.3) is 16.0 Å². The van der Waals surface area contributed by atoms with Crippen LogP contribution >= 0.6 is 0 Å². The van der Waals surface area contributed by atoms with Crippen LogP contribution in [0.25, 0.3) is 11.3 Å². The minimum atomic E-state index is -4.08. The highest BCUT2D eigenvalue weighted by Crippen LogP contribution is 2.64. The number of fused-ring (bicyclic) bond motifs is 3. The number of aliphatic hydroxyl groups is 2. The van der Waals surface area contributed by atoms with Gasteiger partial charge in [-0.2, -0.15) is 8.42 Å². The van der Waals surface area contributed by atoms with Crippen molar-refractivity contribution in [1.82, 2.24) is 9.97 Å². The molecule has 280 valence electrons. The maximum absolute atomic E-state index is 14.5. The molecular formula is C36H42F3N5O7S. The van der Waals surface area contributed by atoms with Gasteiger partial charge in [0.1, 0.15) is 34.6 Å². The Balaban J connectivity index is 0.000000258. The van der Waals surface area contributed by atoms with Crippen LogP contribution in [-0.4, -0.2) is 75.8 Å². The average Bonchev–Trinajstić information content (AvgIpc) is 3.61. The Hall–Kier alpha value is -3.96. The summed E-state index contributed by atoms with van der Waals surface area (Å²) in [5.41, 5.74) is 5.73. The van der Waals surface area contributed by atoms with Crippen LogP contribution in [0.4, 0.5) is 24.5 Å². The van der Waals surface area contributed by atoms with E-state index in [1.807, 2.05) is 25.7 Å². The zero-order chi connectivity index (χ0) is 37.9. The topological polar surface area (TPSA) is 196 Å². The number of halogens is 3. The number of benzene rings is 1. The van der Waals surface area contributed by atoms with E-state index in [9.17, 15) is 41.4 Å². The van der Waals surface area contributed by atoms with Crippen LogP contribution in [-0.2, 0) is 21.3 Å². The number of pyridine rings is 2. The maximum Gasteiger partial charge on any atom is 0.274 e. The molecule has 2 aromatic heterocycles. The zero-order valence-electron chi connectivity index (χ0n) is 28.9. The van der Waals surface area contributed by atoms with Crippen molar-refractivity contribution in [3.8, 4) is 11.3 Å². The molecule has 3 aliphatic carbocycles. The Kier molecular flexibility index (Phi) is 10.0. The van der Waals surface area contributed by atoms with Crippen LogP contribution in [0.2, 0.25) is 0 Å². The largest absolute Gasteiger partial charge is 0.391 e. The van der Waals surface area contributed by atoms with Crippen molar-refractivity contribution in [1.29, 1.82) is 0 Å². The second-order valence-corrected chi connectivity index (χ2v) is 16.4. The minimum Gasteiger partial charge on any atom is -0.391 e. The van der Waals surface area contributed by atoms with Gasteiger partial charge in [0, 0.05) is 37.0 Å². The number of hydrogen-bond acceptors (Lipinski definition) is 10. The molecule has 0 unspecified atom stereocenters. The van der Waals surface area contributed by atoms with Gasteiger partial charge in [-0.05, 0) is 61.3 Å². The number of aromatic nitrogens is 2. The maximum atomic E-state index is 14.5. The highest BCUT2D eigenvalue weighted by Gasteiger charge is 2.65. The monoisotopic (exact) mass is 745 g/mol. The van der Waals surface area contributed by atoms with Crippen LogP contribution < -0.4 is 16.0 Å². The Morgan fingerprint density at radius 1 is 1.08 bits per heavy atom. The number of carbonyl (C=O) groups excluding carboxylic acids is 2. The quantitative estimate of drug-likeness (QED) is 0.227. The van der Waals surface area contributed by atoms with Gasteiger partial charge in [-0.1, -0.05) is 26.8 Å². The molecule has 3 fully saturated rings. The Bertz CT molecular complexity index is 2000. The molecule has 0 spiro atoms. The molecule has 4 aliphatic rings. The number of nitrogens with two attached hydrogens (primary N) is 1. The first kappa shape index (κ1) is 37.8. The number of piperidine rings is 1. The second kappa shape index (κ2) is 13.8. The minimum absolute atomic E-state index is 0.0152. The van der Waals surface area contributed by atoms with E-state index in [1.165, 1.54) is 6.20 Å². The number of amides is 1. The molecule has 6 N–H and O–H groups in total. The fourth-order valence-electron chi connectivity index (χ4n) is 8.53. The molecule has 3 heterocycles. The first-order valence-corrected chi connectivity index (χ1v) is 18.7. The Morgan fingerprint density at radius 2 is 1.77 bits per heavy atom. The van der Waals surface area contributed by atoms with Gasteiger partial charge in [0.05, 0.1) is 52.2 Å². The van der Waals surface area contributed by atoms with Gasteiger partial charge >= 0.3 is 0 Å². The van der Waals surface area contributed by atoms with Crippen LogP contribution in [0.5, 0.6) is 0 Å². The molecule has 1 aliphatic heterocycles. The molecule has 7 rings (SSSR count). The van der Waals surface area contributed by atoms with Gasteiger partial charge in [-0.15, -0.1) is 0 Å². The average molecular weight is 746 g/mol. The Labute approximate surface area is 299 Å². The standard InChI is InChI=1S/C26H26F3N5O3.C10H16O4S/c1-12-10-34(11-17(30)25(12)36)24-13-5-8-20(35)22(13)31-9-19(24)33-26(37)18-7-6-16(29)23(32-18)21-14(27)3-2-4-15(21)28;1-9(2)7-3-4-10(9,8(11)5-7)6-15(12,13)14/h2-4,6-7,9,12,17,20,25,35-36H,5,8,10-11,30H2,1H3,(H,33,37);7H,3-6H2,1-2H3,(H,12,13,14)/t12-,17+,20+,25+;7-,10-/m01/s1. The molecule has 16 heteroatoms. The lowest BCUT2D eigenvalue weighted by Gasteiger charge is -2.41. The number of rotatable bonds is 6. The number of anilines is 2. The lowest BCUT2D eigenvalue weighted by Crippen LogP contribution is -2.56. The Morgan fingerprint density at radius 3 is 2.37 bits per heavy atom. The van der Waals surface area contributed by atoms with Gasteiger partial charge in [-0.3, -0.25) is 19.1 Å². The van der Waals surface area contributed by atoms with Crippen molar-refractivity contribution in [3.05, 3.63) is 70.9 Å². The van der Waals surface area contributed by atoms with E-state index >= 15 is 0 Å². The fourth-order valence-corrected chi connectivity index (χ4v) is 9.83. The van der Waals surface area contributed by atoms with Crippen LogP contribution in [0, 0.1) is 40.1 Å². The number of nitrogens with zero attached hydrogens (tertiary/aromatic N) is 3. The van der Waals surface area contributed by atoms with E-state index in [4.69, 9.17) is 10.3 Å². The van der Waals surface area contributed by atoms with Gasteiger partial charge in [0.15, 0.2) is 0 Å². The predicted octanol–water partition coefficient (Wildman–Crippen LogP) is 4.21. The SMILES string of the molecule is CC1(C)[C@@H]2CC[C@@]1(CS(=O)(=O)O)C(=O)C2.C[C@H]1CN(c2c(NC(=O)c3ccc(F)c(-c4c(F)cccc4F)n3)cnc3c2CC[C@H]3O)C[C@@H](N)[C@@H]1O. The van der Waals surface area contributed by atoms with E-state index < -0.39 is 74.2 Å². The number of ketones is 1. The van der Waals surface area contributed by atoms with Gasteiger partial charge < -0.3 is 26.2 Å². The molecule has 2 saturated carbocycles. The number of nitrogens with one attached hydrogen (secondary N) is 1. The third kappa shape index (κ3) is 6.70. The van der Waals surface area contributed by atoms with E-state index in [-0.39, 0.29) is 28.7 Å². The number of aliphatic hydroxyl groups excluding tert-OH is 2. The normalized spacial score (nSPS) is 27.6. The summed E-state index contributed by atoms with van der Waals surface area (Å²) >= 11 is 0. The van der Waals surface area contributed by atoms with Crippen molar-refractivity contribution in [3.63, 3.8) is 0 Å². The fraction of sp³-hybridized carbons (Fsp3) is 0.500. The lowest BCUT2D eigenvalue weighted by molar-refractivity contribution is -0.128. The first-order valence-electron chi connectivity index (χ1n) is 17.1. The molecular weight excluding hydrogens is 703 g/mol. The third-order valence-electron chi connectivity index (χ3n) is 11.5. The summed E-state index contributed by atoms with van der Waals surface area (Å²) in [7, 11) is -4.08. The molecule has 2 bridgehead atoms. The predicted molar refractivity (Wildman–Crippen MR) is 185 cm³/mol. The van der Waals surface area contributed by atoms with Crippen LogP contribution in [0.15, 0.2) is 36.5 Å². The number of hydrogen-bond donors (Lipinski definition) is 5. The van der Waals surface area contributed by atoms with Crippen molar-refractivity contribution < 1.29 is 45.9 Å².